The Morgan fingerprint density at radius 3 is 2.76 bits per heavy atom. The number of carbonyl (C=O) groups excluding carboxylic acids is 1. The lowest BCUT2D eigenvalue weighted by Crippen LogP contribution is -2.47. The third kappa shape index (κ3) is 3.24. The van der Waals surface area contributed by atoms with Gasteiger partial charge in [-0.1, -0.05) is 13.0 Å². The first kappa shape index (κ1) is 15.5. The summed E-state index contributed by atoms with van der Waals surface area (Å²) >= 11 is 0. The van der Waals surface area contributed by atoms with Crippen LogP contribution in [0.2, 0.25) is 0 Å². The highest BCUT2D eigenvalue weighted by molar-refractivity contribution is 5.98. The predicted octanol–water partition coefficient (Wildman–Crippen LogP) is 2.41. The number of carboxylic acids is 1. The van der Waals surface area contributed by atoms with E-state index in [1.807, 2.05) is 13.8 Å². The average molecular weight is 290 g/mol. The minimum atomic E-state index is -0.991. The summed E-state index contributed by atoms with van der Waals surface area (Å²) in [5.74, 6) is -1.02. The molecule has 1 aliphatic rings. The average Bonchev–Trinajstić information content (AvgIpc) is 2.49. The molecule has 1 unspecified atom stereocenters. The molecular formula is C16H22N2O3. The molecule has 1 saturated heterocycles. The lowest BCUT2D eigenvalue weighted by molar-refractivity contribution is -0.126. The Labute approximate surface area is 124 Å². The zero-order valence-corrected chi connectivity index (χ0v) is 12.5. The fourth-order valence-corrected chi connectivity index (χ4v) is 2.77. The number of benzene rings is 1. The van der Waals surface area contributed by atoms with Gasteiger partial charge in [0.15, 0.2) is 0 Å². The molecule has 2 rings (SSSR count). The summed E-state index contributed by atoms with van der Waals surface area (Å²) in [5.41, 5.74) is 1.23. The van der Waals surface area contributed by atoms with Gasteiger partial charge in [-0.2, -0.15) is 0 Å². The normalized spacial score (nSPS) is 21.8. The molecule has 5 nitrogen and oxygen atoms in total. The van der Waals surface area contributed by atoms with E-state index in [1.165, 1.54) is 6.07 Å². The summed E-state index contributed by atoms with van der Waals surface area (Å²) in [5, 5.41) is 15.3. The number of hydrogen-bond acceptors (Lipinski definition) is 3. The molecule has 1 aliphatic heterocycles. The zero-order chi connectivity index (χ0) is 15.5. The largest absolute Gasteiger partial charge is 0.478 e. The summed E-state index contributed by atoms with van der Waals surface area (Å²) in [6.45, 7) is 5.50. The molecule has 0 aliphatic carbocycles. The SMILES string of the molecule is CCC1(C(=O)Nc2cc(C(=O)O)ccc2C)CCCNC1. The van der Waals surface area contributed by atoms with Crippen molar-refractivity contribution in [3.8, 4) is 0 Å². The van der Waals surface area contributed by atoms with Gasteiger partial charge in [0, 0.05) is 12.2 Å². The number of hydrogen-bond donors (Lipinski definition) is 3. The monoisotopic (exact) mass is 290 g/mol. The fraction of sp³-hybridized carbons (Fsp3) is 0.500. The summed E-state index contributed by atoms with van der Waals surface area (Å²) in [6.07, 6.45) is 2.61. The molecule has 0 spiro atoms. The lowest BCUT2D eigenvalue weighted by Gasteiger charge is -2.35. The third-order valence-corrected chi connectivity index (χ3v) is 4.36. The molecule has 3 N–H and O–H groups in total. The van der Waals surface area contributed by atoms with Crippen LogP contribution in [-0.2, 0) is 4.79 Å². The van der Waals surface area contributed by atoms with E-state index in [9.17, 15) is 9.59 Å². The van der Waals surface area contributed by atoms with Crippen LogP contribution < -0.4 is 10.6 Å². The van der Waals surface area contributed by atoms with Gasteiger partial charge in [-0.05, 0) is 50.4 Å². The molecular weight excluding hydrogens is 268 g/mol. The van der Waals surface area contributed by atoms with E-state index in [0.29, 0.717) is 12.2 Å². The van der Waals surface area contributed by atoms with Gasteiger partial charge in [-0.15, -0.1) is 0 Å². The van der Waals surface area contributed by atoms with Crippen LogP contribution in [-0.4, -0.2) is 30.1 Å². The minimum Gasteiger partial charge on any atom is -0.478 e. The zero-order valence-electron chi connectivity index (χ0n) is 12.5. The van der Waals surface area contributed by atoms with Gasteiger partial charge in [0.2, 0.25) is 5.91 Å². The molecule has 1 heterocycles. The number of carboxylic acid groups (broad SMARTS) is 1. The number of piperidine rings is 1. The molecule has 1 aromatic carbocycles. The first-order valence-corrected chi connectivity index (χ1v) is 7.34. The van der Waals surface area contributed by atoms with E-state index in [1.54, 1.807) is 12.1 Å². The van der Waals surface area contributed by atoms with Gasteiger partial charge < -0.3 is 15.7 Å². The molecule has 0 aromatic heterocycles. The smallest absolute Gasteiger partial charge is 0.335 e. The van der Waals surface area contributed by atoms with Crippen LogP contribution in [0.25, 0.3) is 0 Å². The van der Waals surface area contributed by atoms with Gasteiger partial charge >= 0.3 is 5.97 Å². The number of anilines is 1. The van der Waals surface area contributed by atoms with Crippen molar-refractivity contribution in [2.24, 2.45) is 5.41 Å². The van der Waals surface area contributed by atoms with E-state index in [0.717, 1.165) is 31.4 Å². The van der Waals surface area contributed by atoms with Crippen molar-refractivity contribution in [2.45, 2.75) is 33.1 Å². The van der Waals surface area contributed by atoms with E-state index in [4.69, 9.17) is 5.11 Å². The van der Waals surface area contributed by atoms with E-state index < -0.39 is 11.4 Å². The van der Waals surface area contributed by atoms with E-state index in [-0.39, 0.29) is 11.5 Å². The number of amides is 1. The highest BCUT2D eigenvalue weighted by Gasteiger charge is 2.37. The highest BCUT2D eigenvalue weighted by atomic mass is 16.4. The molecule has 21 heavy (non-hydrogen) atoms. The van der Waals surface area contributed by atoms with Crippen molar-refractivity contribution in [1.29, 1.82) is 0 Å². The Bertz CT molecular complexity index is 548. The third-order valence-electron chi connectivity index (χ3n) is 4.36. The van der Waals surface area contributed by atoms with Crippen LogP contribution >= 0.6 is 0 Å². The predicted molar refractivity (Wildman–Crippen MR) is 81.6 cm³/mol. The Hall–Kier alpha value is -1.88. The molecule has 1 aromatic rings. The first-order chi connectivity index (χ1) is 9.98. The van der Waals surface area contributed by atoms with Gasteiger partial charge in [-0.3, -0.25) is 4.79 Å². The van der Waals surface area contributed by atoms with Gasteiger partial charge in [0.25, 0.3) is 0 Å². The van der Waals surface area contributed by atoms with Crippen molar-refractivity contribution in [3.63, 3.8) is 0 Å². The van der Waals surface area contributed by atoms with Crippen LogP contribution in [0, 0.1) is 12.3 Å². The molecule has 1 fully saturated rings. The fourth-order valence-electron chi connectivity index (χ4n) is 2.77. The first-order valence-electron chi connectivity index (χ1n) is 7.34. The molecule has 1 atom stereocenters. The van der Waals surface area contributed by atoms with Gasteiger partial charge in [0.1, 0.15) is 0 Å². The maximum absolute atomic E-state index is 12.7. The van der Waals surface area contributed by atoms with Crippen LogP contribution in [0.3, 0.4) is 0 Å². The summed E-state index contributed by atoms with van der Waals surface area (Å²) in [4.78, 5) is 23.7. The van der Waals surface area contributed by atoms with Crippen molar-refractivity contribution in [1.82, 2.24) is 5.32 Å². The Morgan fingerprint density at radius 1 is 1.43 bits per heavy atom. The molecule has 0 radical (unpaired) electrons. The molecule has 0 bridgehead atoms. The maximum Gasteiger partial charge on any atom is 0.335 e. The Kier molecular flexibility index (Phi) is 4.63. The number of aromatic carboxylic acids is 1. The second-order valence-electron chi connectivity index (χ2n) is 5.70. The van der Waals surface area contributed by atoms with Crippen LogP contribution in [0.4, 0.5) is 5.69 Å². The molecule has 0 saturated carbocycles. The summed E-state index contributed by atoms with van der Waals surface area (Å²) < 4.78 is 0. The highest BCUT2D eigenvalue weighted by Crippen LogP contribution is 2.32. The minimum absolute atomic E-state index is 0.0251. The second kappa shape index (κ2) is 6.26. The van der Waals surface area contributed by atoms with Crippen LogP contribution in [0.15, 0.2) is 18.2 Å². The maximum atomic E-state index is 12.7. The number of rotatable bonds is 4. The van der Waals surface area contributed by atoms with E-state index >= 15 is 0 Å². The van der Waals surface area contributed by atoms with E-state index in [2.05, 4.69) is 10.6 Å². The topological polar surface area (TPSA) is 78.4 Å². The summed E-state index contributed by atoms with van der Waals surface area (Å²) in [6, 6.07) is 4.79. The molecule has 5 heteroatoms. The van der Waals surface area contributed by atoms with Crippen LogP contribution in [0.1, 0.15) is 42.1 Å². The molecule has 114 valence electrons. The van der Waals surface area contributed by atoms with Crippen molar-refractivity contribution in [2.75, 3.05) is 18.4 Å². The van der Waals surface area contributed by atoms with Gasteiger partial charge in [-0.25, -0.2) is 4.79 Å². The Morgan fingerprint density at radius 2 is 2.19 bits per heavy atom. The van der Waals surface area contributed by atoms with Crippen molar-refractivity contribution >= 4 is 17.6 Å². The second-order valence-corrected chi connectivity index (χ2v) is 5.70. The number of nitrogens with one attached hydrogen (secondary N) is 2. The van der Waals surface area contributed by atoms with Crippen LogP contribution in [0.5, 0.6) is 0 Å². The van der Waals surface area contributed by atoms with Gasteiger partial charge in [0.05, 0.1) is 11.0 Å². The number of aryl methyl sites for hydroxylation is 1. The standard InChI is InChI=1S/C16H22N2O3/c1-3-16(7-4-8-17-10-16)15(21)18-13-9-12(14(19)20)6-5-11(13)2/h5-6,9,17H,3-4,7-8,10H2,1-2H3,(H,18,21)(H,19,20). The molecule has 1 amide bonds. The quantitative estimate of drug-likeness (QED) is 0.795. The Balaban J connectivity index is 2.22. The summed E-state index contributed by atoms with van der Waals surface area (Å²) in [7, 11) is 0. The van der Waals surface area contributed by atoms with Crippen molar-refractivity contribution < 1.29 is 14.7 Å². The van der Waals surface area contributed by atoms with Crippen molar-refractivity contribution in [3.05, 3.63) is 29.3 Å². The number of carbonyl (C=O) groups is 2. The lowest BCUT2D eigenvalue weighted by atomic mass is 9.77.